The third kappa shape index (κ3) is 2.78. The maximum absolute atomic E-state index is 13.3. The highest BCUT2D eigenvalue weighted by atomic mass is 32.1. The second-order valence-corrected chi connectivity index (χ2v) is 6.71. The summed E-state index contributed by atoms with van der Waals surface area (Å²) >= 11 is 1.45. The average molecular weight is 321 g/mol. The predicted molar refractivity (Wildman–Crippen MR) is 82.7 cm³/mol. The van der Waals surface area contributed by atoms with E-state index in [0.717, 1.165) is 28.2 Å². The number of thiazole rings is 1. The lowest BCUT2D eigenvalue weighted by molar-refractivity contribution is -0.133. The highest BCUT2D eigenvalue weighted by Crippen LogP contribution is 2.30. The lowest BCUT2D eigenvalue weighted by Crippen LogP contribution is -2.50. The number of morpholine rings is 1. The van der Waals surface area contributed by atoms with Crippen molar-refractivity contribution in [2.75, 3.05) is 24.6 Å². The molecule has 1 aromatic carbocycles. The van der Waals surface area contributed by atoms with Crippen LogP contribution < -0.4 is 10.2 Å². The molecule has 2 fully saturated rings. The maximum atomic E-state index is 13.3. The first-order valence-corrected chi connectivity index (χ1v) is 8.24. The number of fused-ring (bicyclic) bond motifs is 1. The summed E-state index contributed by atoms with van der Waals surface area (Å²) < 4.78 is 19.7. The molecular formula is C15H16FN3O2S. The molecule has 1 saturated carbocycles. The molecule has 7 heteroatoms. The van der Waals surface area contributed by atoms with E-state index in [1.807, 2.05) is 4.90 Å². The van der Waals surface area contributed by atoms with Crippen molar-refractivity contribution in [2.45, 2.75) is 25.0 Å². The summed E-state index contributed by atoms with van der Waals surface area (Å²) in [5.41, 5.74) is 0.784. The number of amides is 1. The lowest BCUT2D eigenvalue weighted by atomic mass is 10.2. The van der Waals surface area contributed by atoms with E-state index in [0.29, 0.717) is 25.7 Å². The fraction of sp³-hybridized carbons (Fsp3) is 0.467. The van der Waals surface area contributed by atoms with E-state index in [-0.39, 0.29) is 11.7 Å². The van der Waals surface area contributed by atoms with Crippen molar-refractivity contribution in [3.63, 3.8) is 0 Å². The molecule has 1 N–H and O–H groups in total. The van der Waals surface area contributed by atoms with Crippen molar-refractivity contribution in [3.05, 3.63) is 24.0 Å². The molecule has 1 aliphatic heterocycles. The van der Waals surface area contributed by atoms with E-state index in [1.54, 1.807) is 6.07 Å². The van der Waals surface area contributed by atoms with Crippen LogP contribution in [0, 0.1) is 5.82 Å². The normalized spacial score (nSPS) is 22.0. The van der Waals surface area contributed by atoms with Gasteiger partial charge in [-0.2, -0.15) is 0 Å². The van der Waals surface area contributed by atoms with E-state index in [4.69, 9.17) is 4.74 Å². The molecule has 4 rings (SSSR count). The largest absolute Gasteiger partial charge is 0.365 e. The van der Waals surface area contributed by atoms with Crippen LogP contribution in [0.15, 0.2) is 18.2 Å². The second kappa shape index (κ2) is 5.48. The highest BCUT2D eigenvalue weighted by molar-refractivity contribution is 7.22. The molecular weight excluding hydrogens is 305 g/mol. The van der Waals surface area contributed by atoms with Crippen LogP contribution in [0.2, 0.25) is 0 Å². The van der Waals surface area contributed by atoms with Crippen LogP contribution in [0.1, 0.15) is 12.8 Å². The number of nitrogens with one attached hydrogen (secondary N) is 1. The fourth-order valence-electron chi connectivity index (χ4n) is 2.53. The van der Waals surface area contributed by atoms with Crippen molar-refractivity contribution >= 4 is 32.6 Å². The van der Waals surface area contributed by atoms with Crippen LogP contribution in [-0.2, 0) is 9.53 Å². The topological polar surface area (TPSA) is 54.5 Å². The minimum Gasteiger partial charge on any atom is -0.365 e. The van der Waals surface area contributed by atoms with Crippen LogP contribution in [0.3, 0.4) is 0 Å². The Bertz CT molecular complexity index is 716. The summed E-state index contributed by atoms with van der Waals surface area (Å²) in [5.74, 6) is -0.300. The Labute approximate surface area is 131 Å². The standard InChI is InChI=1S/C15H16FN3O2S/c16-9-1-4-11-13(7-9)22-15(18-11)19-5-6-21-12(8-19)14(20)17-10-2-3-10/h1,4,7,10,12H,2-3,5-6,8H2,(H,17,20). The van der Waals surface area contributed by atoms with Gasteiger partial charge in [-0.05, 0) is 31.0 Å². The van der Waals surface area contributed by atoms with Gasteiger partial charge in [0.2, 0.25) is 0 Å². The van der Waals surface area contributed by atoms with E-state index in [9.17, 15) is 9.18 Å². The summed E-state index contributed by atoms with van der Waals surface area (Å²) in [7, 11) is 0. The van der Waals surface area contributed by atoms with Crippen molar-refractivity contribution < 1.29 is 13.9 Å². The molecule has 116 valence electrons. The molecule has 22 heavy (non-hydrogen) atoms. The van der Waals surface area contributed by atoms with Gasteiger partial charge in [0.05, 0.1) is 23.4 Å². The van der Waals surface area contributed by atoms with E-state index < -0.39 is 6.10 Å². The second-order valence-electron chi connectivity index (χ2n) is 5.70. The van der Waals surface area contributed by atoms with Crippen LogP contribution in [0.4, 0.5) is 9.52 Å². The number of aromatic nitrogens is 1. The van der Waals surface area contributed by atoms with Gasteiger partial charge in [-0.1, -0.05) is 11.3 Å². The van der Waals surface area contributed by atoms with Gasteiger partial charge in [0, 0.05) is 12.6 Å². The zero-order chi connectivity index (χ0) is 15.1. The first kappa shape index (κ1) is 13.9. The van der Waals surface area contributed by atoms with E-state index >= 15 is 0 Å². The highest BCUT2D eigenvalue weighted by Gasteiger charge is 2.32. The van der Waals surface area contributed by atoms with Crippen molar-refractivity contribution in [3.8, 4) is 0 Å². The van der Waals surface area contributed by atoms with Crippen LogP contribution >= 0.6 is 11.3 Å². The van der Waals surface area contributed by atoms with Gasteiger partial charge in [-0.15, -0.1) is 0 Å². The Hall–Kier alpha value is -1.73. The number of nitrogens with zero attached hydrogens (tertiary/aromatic N) is 2. The Balaban J connectivity index is 1.51. The maximum Gasteiger partial charge on any atom is 0.251 e. The number of carbonyl (C=O) groups excluding carboxylic acids is 1. The molecule has 0 radical (unpaired) electrons. The molecule has 2 heterocycles. The first-order chi connectivity index (χ1) is 10.7. The minimum absolute atomic E-state index is 0.0423. The summed E-state index contributed by atoms with van der Waals surface area (Å²) in [6, 6.07) is 4.92. The van der Waals surface area contributed by atoms with Gasteiger partial charge in [0.1, 0.15) is 5.82 Å². The fourth-order valence-corrected chi connectivity index (χ4v) is 3.55. The van der Waals surface area contributed by atoms with E-state index in [2.05, 4.69) is 10.3 Å². The zero-order valence-corrected chi connectivity index (χ0v) is 12.7. The summed E-state index contributed by atoms with van der Waals surface area (Å²) in [5, 5.41) is 3.79. The van der Waals surface area contributed by atoms with Crippen LogP contribution in [-0.4, -0.2) is 42.7 Å². The number of ether oxygens (including phenoxy) is 1. The molecule has 1 atom stereocenters. The third-order valence-corrected chi connectivity index (χ3v) is 4.97. The Morgan fingerprint density at radius 2 is 2.32 bits per heavy atom. The average Bonchev–Trinajstić information content (AvgIpc) is 3.23. The van der Waals surface area contributed by atoms with Gasteiger partial charge in [0.15, 0.2) is 11.2 Å². The summed E-state index contributed by atoms with van der Waals surface area (Å²) in [6.45, 7) is 1.67. The van der Waals surface area contributed by atoms with Gasteiger partial charge < -0.3 is 15.0 Å². The lowest BCUT2D eigenvalue weighted by Gasteiger charge is -2.31. The first-order valence-electron chi connectivity index (χ1n) is 7.42. The molecule has 0 spiro atoms. The van der Waals surface area contributed by atoms with Gasteiger partial charge in [-0.25, -0.2) is 9.37 Å². The smallest absolute Gasteiger partial charge is 0.251 e. The summed E-state index contributed by atoms with van der Waals surface area (Å²) in [4.78, 5) is 18.7. The Morgan fingerprint density at radius 3 is 3.14 bits per heavy atom. The number of anilines is 1. The monoisotopic (exact) mass is 321 g/mol. The zero-order valence-electron chi connectivity index (χ0n) is 11.9. The minimum atomic E-state index is -0.460. The Morgan fingerprint density at radius 1 is 1.45 bits per heavy atom. The molecule has 2 aliphatic rings. The molecule has 0 bridgehead atoms. The van der Waals surface area contributed by atoms with Crippen LogP contribution in [0.5, 0.6) is 0 Å². The van der Waals surface area contributed by atoms with Crippen LogP contribution in [0.25, 0.3) is 10.2 Å². The quantitative estimate of drug-likeness (QED) is 0.938. The van der Waals surface area contributed by atoms with E-state index in [1.165, 1.54) is 23.5 Å². The molecule has 1 aliphatic carbocycles. The van der Waals surface area contributed by atoms with Crippen molar-refractivity contribution in [2.24, 2.45) is 0 Å². The molecule has 1 unspecified atom stereocenters. The molecule has 5 nitrogen and oxygen atoms in total. The predicted octanol–water partition coefficient (Wildman–Crippen LogP) is 1.92. The Kier molecular flexibility index (Phi) is 3.46. The van der Waals surface area contributed by atoms with Gasteiger partial charge in [0.25, 0.3) is 5.91 Å². The number of hydrogen-bond donors (Lipinski definition) is 1. The van der Waals surface area contributed by atoms with Crippen molar-refractivity contribution in [1.29, 1.82) is 0 Å². The number of halogens is 1. The molecule has 1 saturated heterocycles. The SMILES string of the molecule is O=C(NC1CC1)C1CN(c2nc3ccc(F)cc3s2)CCO1. The third-order valence-electron chi connectivity index (χ3n) is 3.89. The number of benzene rings is 1. The molecule has 2 aromatic rings. The molecule has 1 aromatic heterocycles. The number of hydrogen-bond acceptors (Lipinski definition) is 5. The summed E-state index contributed by atoms with van der Waals surface area (Å²) in [6.07, 6.45) is 1.66. The van der Waals surface area contributed by atoms with Gasteiger partial charge in [-0.3, -0.25) is 4.79 Å². The molecule has 1 amide bonds. The van der Waals surface area contributed by atoms with Gasteiger partial charge >= 0.3 is 0 Å². The number of rotatable bonds is 3. The van der Waals surface area contributed by atoms with Crippen molar-refractivity contribution in [1.82, 2.24) is 10.3 Å². The number of carbonyl (C=O) groups is 1.